The molecule has 0 spiro atoms. The molecule has 5 nitrogen and oxygen atoms in total. The van der Waals surface area contributed by atoms with Gasteiger partial charge in [-0.05, 0) is 29.8 Å². The number of hydrogen-bond donors (Lipinski definition) is 0. The average Bonchev–Trinajstić information content (AvgIpc) is 3.03. The maximum absolute atomic E-state index is 12.8. The topological polar surface area (TPSA) is 55.6 Å². The molecule has 0 atom stereocenters. The normalized spacial score (nSPS) is 10.8. The molecule has 1 aromatic carbocycles. The van der Waals surface area contributed by atoms with Crippen LogP contribution in [0.3, 0.4) is 0 Å². The fraction of sp³-hybridized carbons (Fsp3) is 0.222. The molecular formula is C18H18N2O3. The summed E-state index contributed by atoms with van der Waals surface area (Å²) in [5.41, 5.74) is 1.73. The average molecular weight is 310 g/mol. The Labute approximate surface area is 134 Å². The van der Waals surface area contributed by atoms with E-state index < -0.39 is 0 Å². The van der Waals surface area contributed by atoms with Gasteiger partial charge in [0.25, 0.3) is 5.91 Å². The van der Waals surface area contributed by atoms with Gasteiger partial charge in [-0.1, -0.05) is 18.2 Å². The van der Waals surface area contributed by atoms with Crippen LogP contribution in [-0.2, 0) is 11.3 Å². The molecule has 118 valence electrons. The molecular weight excluding hydrogens is 292 g/mol. The molecule has 0 unspecified atom stereocenters. The third kappa shape index (κ3) is 3.57. The van der Waals surface area contributed by atoms with Crippen molar-refractivity contribution >= 4 is 16.9 Å². The highest BCUT2D eigenvalue weighted by molar-refractivity contribution is 5.96. The number of ether oxygens (including phenoxy) is 1. The predicted octanol–water partition coefficient (Wildman–Crippen LogP) is 3.12. The summed E-state index contributed by atoms with van der Waals surface area (Å²) in [7, 11) is 1.62. The van der Waals surface area contributed by atoms with E-state index in [1.54, 1.807) is 30.5 Å². The minimum absolute atomic E-state index is 0.143. The maximum Gasteiger partial charge on any atom is 0.289 e. The second-order valence-electron chi connectivity index (χ2n) is 5.22. The van der Waals surface area contributed by atoms with E-state index in [9.17, 15) is 4.79 Å². The molecule has 0 saturated heterocycles. The number of furan rings is 1. The monoisotopic (exact) mass is 310 g/mol. The Kier molecular flexibility index (Phi) is 4.68. The summed E-state index contributed by atoms with van der Waals surface area (Å²) >= 11 is 0. The molecule has 1 amide bonds. The largest absolute Gasteiger partial charge is 0.451 e. The summed E-state index contributed by atoms with van der Waals surface area (Å²) in [6.45, 7) is 1.45. The lowest BCUT2D eigenvalue weighted by Gasteiger charge is -2.21. The highest BCUT2D eigenvalue weighted by Crippen LogP contribution is 2.20. The first-order valence-electron chi connectivity index (χ1n) is 7.43. The SMILES string of the molecule is COCCN(Cc1ccncc1)C(=O)c1cc2ccccc2o1. The van der Waals surface area contributed by atoms with E-state index in [1.807, 2.05) is 36.4 Å². The number of fused-ring (bicyclic) bond motifs is 1. The third-order valence-corrected chi connectivity index (χ3v) is 3.61. The first kappa shape index (κ1) is 15.2. The molecule has 0 bridgehead atoms. The van der Waals surface area contributed by atoms with Crippen molar-refractivity contribution in [1.29, 1.82) is 0 Å². The molecule has 0 fully saturated rings. The van der Waals surface area contributed by atoms with Crippen molar-refractivity contribution in [2.45, 2.75) is 6.54 Å². The number of nitrogens with zero attached hydrogens (tertiary/aromatic N) is 2. The van der Waals surface area contributed by atoms with E-state index in [0.717, 1.165) is 10.9 Å². The van der Waals surface area contributed by atoms with Crippen molar-refractivity contribution in [2.24, 2.45) is 0 Å². The highest BCUT2D eigenvalue weighted by atomic mass is 16.5. The van der Waals surface area contributed by atoms with E-state index in [4.69, 9.17) is 9.15 Å². The van der Waals surface area contributed by atoms with Crippen LogP contribution in [-0.4, -0.2) is 36.1 Å². The summed E-state index contributed by atoms with van der Waals surface area (Å²) < 4.78 is 10.8. The van der Waals surface area contributed by atoms with Gasteiger partial charge in [0.05, 0.1) is 6.61 Å². The number of pyridine rings is 1. The lowest BCUT2D eigenvalue weighted by Crippen LogP contribution is -2.33. The van der Waals surface area contributed by atoms with Crippen LogP contribution >= 0.6 is 0 Å². The molecule has 0 aliphatic rings. The van der Waals surface area contributed by atoms with Crippen LogP contribution in [0, 0.1) is 0 Å². The van der Waals surface area contributed by atoms with Crippen molar-refractivity contribution in [3.8, 4) is 0 Å². The zero-order valence-corrected chi connectivity index (χ0v) is 12.9. The number of methoxy groups -OCH3 is 1. The Bertz CT molecular complexity index is 750. The van der Waals surface area contributed by atoms with Crippen molar-refractivity contribution in [2.75, 3.05) is 20.3 Å². The van der Waals surface area contributed by atoms with Gasteiger partial charge in [-0.2, -0.15) is 0 Å². The standard InChI is InChI=1S/C18H18N2O3/c1-22-11-10-20(13-14-6-8-19-9-7-14)18(21)17-12-15-4-2-3-5-16(15)23-17/h2-9,12H,10-11,13H2,1H3. The Balaban J connectivity index is 1.84. The second kappa shape index (κ2) is 7.07. The predicted molar refractivity (Wildman–Crippen MR) is 87.1 cm³/mol. The van der Waals surface area contributed by atoms with E-state index in [1.165, 1.54) is 0 Å². The minimum Gasteiger partial charge on any atom is -0.451 e. The lowest BCUT2D eigenvalue weighted by molar-refractivity contribution is 0.0651. The van der Waals surface area contributed by atoms with Crippen molar-refractivity contribution in [3.05, 3.63) is 66.2 Å². The smallest absolute Gasteiger partial charge is 0.289 e. The van der Waals surface area contributed by atoms with Crippen LogP contribution in [0.4, 0.5) is 0 Å². The molecule has 2 heterocycles. The van der Waals surface area contributed by atoms with Crippen LogP contribution in [0.15, 0.2) is 59.3 Å². The molecule has 0 N–H and O–H groups in total. The van der Waals surface area contributed by atoms with Crippen molar-refractivity contribution < 1.29 is 13.9 Å². The van der Waals surface area contributed by atoms with Gasteiger partial charge in [0.2, 0.25) is 0 Å². The van der Waals surface area contributed by atoms with E-state index in [0.29, 0.717) is 31.0 Å². The molecule has 0 aliphatic carbocycles. The molecule has 3 rings (SSSR count). The number of amides is 1. The summed E-state index contributed by atoms with van der Waals surface area (Å²) in [6.07, 6.45) is 3.44. The highest BCUT2D eigenvalue weighted by Gasteiger charge is 2.20. The fourth-order valence-corrected chi connectivity index (χ4v) is 2.41. The van der Waals surface area contributed by atoms with Crippen molar-refractivity contribution in [3.63, 3.8) is 0 Å². The Hall–Kier alpha value is -2.66. The molecule has 0 radical (unpaired) electrons. The molecule has 5 heteroatoms. The molecule has 3 aromatic rings. The minimum atomic E-state index is -0.143. The lowest BCUT2D eigenvalue weighted by atomic mass is 10.2. The zero-order chi connectivity index (χ0) is 16.1. The first-order chi connectivity index (χ1) is 11.3. The summed E-state index contributed by atoms with van der Waals surface area (Å²) in [4.78, 5) is 18.5. The van der Waals surface area contributed by atoms with E-state index >= 15 is 0 Å². The Morgan fingerprint density at radius 3 is 2.74 bits per heavy atom. The molecule has 2 aromatic heterocycles. The number of carbonyl (C=O) groups excluding carboxylic acids is 1. The van der Waals surface area contributed by atoms with Crippen LogP contribution in [0.2, 0.25) is 0 Å². The Morgan fingerprint density at radius 1 is 1.22 bits per heavy atom. The summed E-state index contributed by atoms with van der Waals surface area (Å²) in [5.74, 6) is 0.200. The Morgan fingerprint density at radius 2 is 2.00 bits per heavy atom. The summed E-state index contributed by atoms with van der Waals surface area (Å²) in [6, 6.07) is 13.2. The third-order valence-electron chi connectivity index (χ3n) is 3.61. The number of aromatic nitrogens is 1. The zero-order valence-electron chi connectivity index (χ0n) is 12.9. The van der Waals surface area contributed by atoms with Crippen molar-refractivity contribution in [1.82, 2.24) is 9.88 Å². The van der Waals surface area contributed by atoms with Crippen LogP contribution in [0.1, 0.15) is 16.1 Å². The van der Waals surface area contributed by atoms with Gasteiger partial charge in [-0.3, -0.25) is 9.78 Å². The van der Waals surface area contributed by atoms with Gasteiger partial charge in [0.1, 0.15) is 5.58 Å². The first-order valence-corrected chi connectivity index (χ1v) is 7.43. The number of rotatable bonds is 6. The van der Waals surface area contributed by atoms with Gasteiger partial charge >= 0.3 is 0 Å². The quantitative estimate of drug-likeness (QED) is 0.702. The van der Waals surface area contributed by atoms with Crippen LogP contribution in [0.25, 0.3) is 11.0 Å². The number of benzene rings is 1. The number of para-hydroxylation sites is 1. The van der Waals surface area contributed by atoms with Gasteiger partial charge in [0, 0.05) is 38.0 Å². The van der Waals surface area contributed by atoms with E-state index in [-0.39, 0.29) is 5.91 Å². The fourth-order valence-electron chi connectivity index (χ4n) is 2.41. The second-order valence-corrected chi connectivity index (χ2v) is 5.22. The maximum atomic E-state index is 12.8. The van der Waals surface area contributed by atoms with Gasteiger partial charge in [0.15, 0.2) is 5.76 Å². The van der Waals surface area contributed by atoms with E-state index in [2.05, 4.69) is 4.98 Å². The molecule has 0 aliphatic heterocycles. The summed E-state index contributed by atoms with van der Waals surface area (Å²) in [5, 5.41) is 0.923. The number of hydrogen-bond acceptors (Lipinski definition) is 4. The van der Waals surface area contributed by atoms with Gasteiger partial charge in [-0.25, -0.2) is 0 Å². The van der Waals surface area contributed by atoms with Crippen LogP contribution in [0.5, 0.6) is 0 Å². The number of carbonyl (C=O) groups is 1. The van der Waals surface area contributed by atoms with Gasteiger partial charge < -0.3 is 14.1 Å². The van der Waals surface area contributed by atoms with Crippen LogP contribution < -0.4 is 0 Å². The molecule has 0 saturated carbocycles. The van der Waals surface area contributed by atoms with Gasteiger partial charge in [-0.15, -0.1) is 0 Å². The molecule has 23 heavy (non-hydrogen) atoms.